The van der Waals surface area contributed by atoms with Crippen LogP contribution >= 0.6 is 0 Å². The molecule has 0 spiro atoms. The zero-order valence-corrected chi connectivity index (χ0v) is 14.2. The summed E-state index contributed by atoms with van der Waals surface area (Å²) in [6.45, 7) is 1.64. The number of nitrogens with two attached hydrogens (primary N) is 1. The Labute approximate surface area is 147 Å². The van der Waals surface area contributed by atoms with Gasteiger partial charge < -0.3 is 16.0 Å². The number of benzene rings is 2. The first-order valence-electron chi connectivity index (χ1n) is 8.60. The molecule has 0 fully saturated rings. The van der Waals surface area contributed by atoms with Crippen LogP contribution in [-0.4, -0.2) is 29.8 Å². The van der Waals surface area contributed by atoms with Gasteiger partial charge in [0.2, 0.25) is 11.8 Å². The smallest absolute Gasteiger partial charge is 0.231 e. The highest BCUT2D eigenvalue weighted by molar-refractivity contribution is 6.01. The Hall–Kier alpha value is -2.66. The molecule has 1 aliphatic rings. The molecule has 5 nitrogen and oxygen atoms in total. The number of carbonyl (C=O) groups is 2. The van der Waals surface area contributed by atoms with Crippen molar-refractivity contribution in [3.05, 3.63) is 65.7 Å². The third kappa shape index (κ3) is 4.06. The molecule has 130 valence electrons. The van der Waals surface area contributed by atoms with Crippen LogP contribution in [0.3, 0.4) is 0 Å². The maximum atomic E-state index is 13.2. The van der Waals surface area contributed by atoms with Crippen LogP contribution in [0.2, 0.25) is 0 Å². The van der Waals surface area contributed by atoms with Gasteiger partial charge in [-0.25, -0.2) is 0 Å². The van der Waals surface area contributed by atoms with E-state index in [9.17, 15) is 9.59 Å². The summed E-state index contributed by atoms with van der Waals surface area (Å²) in [4.78, 5) is 27.1. The van der Waals surface area contributed by atoms with Gasteiger partial charge in [-0.15, -0.1) is 0 Å². The van der Waals surface area contributed by atoms with Crippen molar-refractivity contribution < 1.29 is 9.59 Å². The minimum absolute atomic E-state index is 0.0143. The van der Waals surface area contributed by atoms with Gasteiger partial charge in [-0.3, -0.25) is 9.59 Å². The molecule has 1 aliphatic heterocycles. The lowest BCUT2D eigenvalue weighted by Crippen LogP contribution is -2.39. The standard InChI is InChI=1S/C20H23N3O2/c21-11-6-12-23(14-15-7-2-1-3-8-15)20(25)17-13-19(24)22-18-10-5-4-9-16(17)18/h1-5,7-10,17H,6,11-14,21H2,(H,22,24). The van der Waals surface area contributed by atoms with E-state index in [0.29, 0.717) is 19.6 Å². The number of nitrogens with one attached hydrogen (secondary N) is 1. The second-order valence-corrected chi connectivity index (χ2v) is 6.28. The lowest BCUT2D eigenvalue weighted by molar-refractivity contribution is -0.135. The number of hydrogen-bond acceptors (Lipinski definition) is 3. The number of rotatable bonds is 6. The van der Waals surface area contributed by atoms with Gasteiger partial charge in [0.25, 0.3) is 0 Å². The number of para-hydroxylation sites is 1. The molecule has 0 saturated carbocycles. The predicted molar refractivity (Wildman–Crippen MR) is 98.0 cm³/mol. The number of carbonyl (C=O) groups excluding carboxylic acids is 2. The Kier molecular flexibility index (Phi) is 5.46. The van der Waals surface area contributed by atoms with Crippen molar-refractivity contribution in [3.63, 3.8) is 0 Å². The van der Waals surface area contributed by atoms with Gasteiger partial charge in [0.15, 0.2) is 0 Å². The molecule has 25 heavy (non-hydrogen) atoms. The van der Waals surface area contributed by atoms with Gasteiger partial charge in [0, 0.05) is 25.2 Å². The van der Waals surface area contributed by atoms with E-state index >= 15 is 0 Å². The molecule has 3 rings (SSSR count). The fourth-order valence-corrected chi connectivity index (χ4v) is 3.21. The van der Waals surface area contributed by atoms with E-state index in [4.69, 9.17) is 5.73 Å². The Morgan fingerprint density at radius 3 is 2.60 bits per heavy atom. The van der Waals surface area contributed by atoms with Gasteiger partial charge in [-0.1, -0.05) is 48.5 Å². The summed E-state index contributed by atoms with van der Waals surface area (Å²) in [7, 11) is 0. The second kappa shape index (κ2) is 7.94. The molecule has 0 saturated heterocycles. The molecule has 2 aromatic carbocycles. The maximum Gasteiger partial charge on any atom is 0.231 e. The van der Waals surface area contributed by atoms with E-state index < -0.39 is 5.92 Å². The van der Waals surface area contributed by atoms with E-state index in [2.05, 4.69) is 5.32 Å². The molecule has 0 aliphatic carbocycles. The van der Waals surface area contributed by atoms with Crippen molar-refractivity contribution in [2.45, 2.75) is 25.3 Å². The van der Waals surface area contributed by atoms with Crippen molar-refractivity contribution in [1.29, 1.82) is 0 Å². The number of amides is 2. The summed E-state index contributed by atoms with van der Waals surface area (Å²) >= 11 is 0. The molecule has 0 aromatic heterocycles. The highest BCUT2D eigenvalue weighted by atomic mass is 16.2. The van der Waals surface area contributed by atoms with Crippen molar-refractivity contribution in [3.8, 4) is 0 Å². The molecule has 3 N–H and O–H groups in total. The number of hydrogen-bond donors (Lipinski definition) is 2. The largest absolute Gasteiger partial charge is 0.338 e. The summed E-state index contributed by atoms with van der Waals surface area (Å²) in [5.74, 6) is -0.568. The fraction of sp³-hybridized carbons (Fsp3) is 0.300. The van der Waals surface area contributed by atoms with E-state index in [1.54, 1.807) is 0 Å². The van der Waals surface area contributed by atoms with E-state index in [1.807, 2.05) is 59.5 Å². The zero-order chi connectivity index (χ0) is 17.6. The summed E-state index contributed by atoms with van der Waals surface area (Å²) in [6, 6.07) is 17.4. The number of fused-ring (bicyclic) bond motifs is 1. The van der Waals surface area contributed by atoms with Gasteiger partial charge >= 0.3 is 0 Å². The lowest BCUT2D eigenvalue weighted by Gasteiger charge is -2.31. The predicted octanol–water partition coefficient (Wildman–Crippen LogP) is 2.49. The minimum atomic E-state index is -0.438. The molecule has 5 heteroatoms. The molecule has 1 unspecified atom stereocenters. The Bertz CT molecular complexity index is 746. The van der Waals surface area contributed by atoms with Crippen molar-refractivity contribution in [2.24, 2.45) is 5.73 Å². The van der Waals surface area contributed by atoms with Crippen LogP contribution in [0.5, 0.6) is 0 Å². The normalized spacial score (nSPS) is 16.0. The summed E-state index contributed by atoms with van der Waals surface area (Å²) in [5, 5.41) is 2.85. The third-order valence-electron chi connectivity index (χ3n) is 4.46. The van der Waals surface area contributed by atoms with Crippen LogP contribution in [-0.2, 0) is 16.1 Å². The number of anilines is 1. The van der Waals surface area contributed by atoms with Gasteiger partial charge in [0.05, 0.1) is 5.92 Å². The summed E-state index contributed by atoms with van der Waals surface area (Å²) < 4.78 is 0. The van der Waals surface area contributed by atoms with Gasteiger partial charge in [0.1, 0.15) is 0 Å². The van der Waals surface area contributed by atoms with Crippen LogP contribution in [0, 0.1) is 0 Å². The fourth-order valence-electron chi connectivity index (χ4n) is 3.21. The topological polar surface area (TPSA) is 75.4 Å². The molecule has 2 amide bonds. The SMILES string of the molecule is NCCCN(Cc1ccccc1)C(=O)C1CC(=O)Nc2ccccc21. The molecule has 0 radical (unpaired) electrons. The third-order valence-corrected chi connectivity index (χ3v) is 4.46. The van der Waals surface area contributed by atoms with Gasteiger partial charge in [-0.05, 0) is 30.2 Å². The molecule has 1 heterocycles. The molecular formula is C20H23N3O2. The Balaban J connectivity index is 1.85. The van der Waals surface area contributed by atoms with Crippen molar-refractivity contribution in [1.82, 2.24) is 4.90 Å². The quantitative estimate of drug-likeness (QED) is 0.850. The van der Waals surface area contributed by atoms with E-state index in [0.717, 1.165) is 23.2 Å². The average Bonchev–Trinajstić information content (AvgIpc) is 2.64. The van der Waals surface area contributed by atoms with Crippen LogP contribution < -0.4 is 11.1 Å². The first-order valence-corrected chi connectivity index (χ1v) is 8.60. The maximum absolute atomic E-state index is 13.2. The van der Waals surface area contributed by atoms with Crippen LogP contribution in [0.25, 0.3) is 0 Å². The summed E-state index contributed by atoms with van der Waals surface area (Å²) in [6.07, 6.45) is 0.920. The highest BCUT2D eigenvalue weighted by Crippen LogP contribution is 2.33. The molecule has 0 bridgehead atoms. The monoisotopic (exact) mass is 337 g/mol. The zero-order valence-electron chi connectivity index (χ0n) is 14.2. The van der Waals surface area contributed by atoms with Crippen molar-refractivity contribution in [2.75, 3.05) is 18.4 Å². The second-order valence-electron chi connectivity index (χ2n) is 6.28. The Morgan fingerprint density at radius 1 is 1.12 bits per heavy atom. The summed E-state index contributed by atoms with van der Waals surface area (Å²) in [5.41, 5.74) is 8.34. The van der Waals surface area contributed by atoms with Crippen molar-refractivity contribution >= 4 is 17.5 Å². The highest BCUT2D eigenvalue weighted by Gasteiger charge is 2.33. The van der Waals surface area contributed by atoms with E-state index in [1.165, 1.54) is 0 Å². The van der Waals surface area contributed by atoms with E-state index in [-0.39, 0.29) is 18.2 Å². The average molecular weight is 337 g/mol. The minimum Gasteiger partial charge on any atom is -0.338 e. The van der Waals surface area contributed by atoms with Gasteiger partial charge in [-0.2, -0.15) is 0 Å². The Morgan fingerprint density at radius 2 is 1.84 bits per heavy atom. The molecule has 2 aromatic rings. The van der Waals surface area contributed by atoms with Crippen LogP contribution in [0.1, 0.15) is 29.9 Å². The number of nitrogens with zero attached hydrogens (tertiary/aromatic N) is 1. The van der Waals surface area contributed by atoms with Crippen LogP contribution in [0.15, 0.2) is 54.6 Å². The lowest BCUT2D eigenvalue weighted by atomic mass is 9.89. The first kappa shape index (κ1) is 17.2. The molecule has 1 atom stereocenters. The van der Waals surface area contributed by atoms with Crippen LogP contribution in [0.4, 0.5) is 5.69 Å². The molecular weight excluding hydrogens is 314 g/mol. The first-order chi connectivity index (χ1) is 12.2.